The first-order chi connectivity index (χ1) is 13.7. The van der Waals surface area contributed by atoms with Gasteiger partial charge in [0.2, 0.25) is 0 Å². The fourth-order valence-electron chi connectivity index (χ4n) is 3.31. The average molecular weight is 530 g/mol. The lowest BCUT2D eigenvalue weighted by Gasteiger charge is -2.33. The predicted octanol–water partition coefficient (Wildman–Crippen LogP) is 3.18. The Bertz CT molecular complexity index is 738. The number of methoxy groups -OCH3 is 1. The molecular formula is C22H35IN4O3. The molecule has 0 bridgehead atoms. The first-order valence-corrected chi connectivity index (χ1v) is 10.3. The molecule has 0 aliphatic carbocycles. The van der Waals surface area contributed by atoms with E-state index in [4.69, 9.17) is 9.73 Å². The Morgan fingerprint density at radius 1 is 1.23 bits per heavy atom. The van der Waals surface area contributed by atoms with E-state index in [9.17, 15) is 9.59 Å². The topological polar surface area (TPSA) is 83.0 Å². The molecule has 0 atom stereocenters. The van der Waals surface area contributed by atoms with E-state index in [2.05, 4.69) is 15.5 Å². The molecule has 30 heavy (non-hydrogen) atoms. The quantitative estimate of drug-likeness (QED) is 0.265. The number of aliphatic imine (C=N–C) groups is 1. The number of carbonyl (C=O) groups is 2. The zero-order valence-electron chi connectivity index (χ0n) is 18.7. The second-order valence-corrected chi connectivity index (χ2v) is 8.36. The fraction of sp³-hybridized carbons (Fsp3) is 0.591. The maximum Gasteiger partial charge on any atom is 0.308 e. The highest BCUT2D eigenvalue weighted by atomic mass is 127. The highest BCUT2D eigenvalue weighted by Gasteiger charge is 2.27. The molecule has 168 valence electrons. The van der Waals surface area contributed by atoms with Crippen molar-refractivity contribution in [3.63, 3.8) is 0 Å². The Morgan fingerprint density at radius 3 is 2.47 bits per heavy atom. The summed E-state index contributed by atoms with van der Waals surface area (Å²) >= 11 is 0. The summed E-state index contributed by atoms with van der Waals surface area (Å²) in [5.41, 5.74) is 1.34. The number of ether oxygens (including phenoxy) is 1. The first-order valence-electron chi connectivity index (χ1n) is 10.3. The highest BCUT2D eigenvalue weighted by molar-refractivity contribution is 14.0. The number of piperidine rings is 1. The Balaban J connectivity index is 0.00000450. The molecule has 2 rings (SSSR count). The van der Waals surface area contributed by atoms with E-state index in [1.807, 2.05) is 52.0 Å². The molecule has 1 aromatic carbocycles. The molecule has 7 nitrogen and oxygen atoms in total. The van der Waals surface area contributed by atoms with Gasteiger partial charge >= 0.3 is 5.97 Å². The van der Waals surface area contributed by atoms with Gasteiger partial charge in [0.05, 0.1) is 19.6 Å². The molecule has 0 unspecified atom stereocenters. The molecule has 0 saturated carbocycles. The number of esters is 1. The molecule has 1 aromatic rings. The van der Waals surface area contributed by atoms with Crippen molar-refractivity contribution in [3.8, 4) is 0 Å². The van der Waals surface area contributed by atoms with Crippen LogP contribution in [0.25, 0.3) is 0 Å². The number of likely N-dealkylation sites (tertiary alicyclic amines) is 1. The van der Waals surface area contributed by atoms with Crippen molar-refractivity contribution in [1.82, 2.24) is 15.5 Å². The molecule has 1 heterocycles. The number of guanidine groups is 1. The molecule has 1 fully saturated rings. The SMILES string of the molecule is CCNC(=NCc1cccc(C(=O)NC(C)(C)C)c1)N1CCC(C(=O)OC)CC1.I. The molecular weight excluding hydrogens is 495 g/mol. The standard InChI is InChI=1S/C22H34N4O3.HI/c1-6-23-21(26-12-10-17(11-13-26)20(28)29-5)24-15-16-8-7-9-18(14-16)19(27)25-22(2,3)4;/h7-9,14,17H,6,10-13,15H2,1-5H3,(H,23,24)(H,25,27);1H. The minimum Gasteiger partial charge on any atom is -0.469 e. The van der Waals surface area contributed by atoms with Crippen LogP contribution in [0.1, 0.15) is 56.5 Å². The van der Waals surface area contributed by atoms with Crippen molar-refractivity contribution in [3.05, 3.63) is 35.4 Å². The number of halogens is 1. The van der Waals surface area contributed by atoms with E-state index >= 15 is 0 Å². The Labute approximate surface area is 197 Å². The highest BCUT2D eigenvalue weighted by Crippen LogP contribution is 2.19. The number of hydrogen-bond acceptors (Lipinski definition) is 4. The predicted molar refractivity (Wildman–Crippen MR) is 130 cm³/mol. The van der Waals surface area contributed by atoms with E-state index in [1.54, 1.807) is 0 Å². The molecule has 1 aliphatic heterocycles. The van der Waals surface area contributed by atoms with Crippen LogP contribution in [-0.2, 0) is 16.1 Å². The third-order valence-corrected chi connectivity index (χ3v) is 4.75. The molecule has 1 saturated heterocycles. The summed E-state index contributed by atoms with van der Waals surface area (Å²) in [5, 5.41) is 6.31. The van der Waals surface area contributed by atoms with Gasteiger partial charge in [-0.25, -0.2) is 4.99 Å². The lowest BCUT2D eigenvalue weighted by atomic mass is 9.97. The summed E-state index contributed by atoms with van der Waals surface area (Å²) in [6.45, 7) is 10.7. The van der Waals surface area contributed by atoms with Crippen LogP contribution >= 0.6 is 24.0 Å². The van der Waals surface area contributed by atoms with Crippen LogP contribution in [0.15, 0.2) is 29.3 Å². The molecule has 1 amide bonds. The molecule has 0 radical (unpaired) electrons. The van der Waals surface area contributed by atoms with Crippen molar-refractivity contribution in [2.45, 2.75) is 52.6 Å². The second kappa shape index (κ2) is 12.1. The Hall–Kier alpha value is -1.84. The number of rotatable bonds is 5. The van der Waals surface area contributed by atoms with Gasteiger partial charge in [-0.05, 0) is 58.2 Å². The summed E-state index contributed by atoms with van der Waals surface area (Å²) in [5.74, 6) is 0.592. The summed E-state index contributed by atoms with van der Waals surface area (Å²) in [4.78, 5) is 31.1. The molecule has 8 heteroatoms. The summed E-state index contributed by atoms with van der Waals surface area (Å²) in [6.07, 6.45) is 1.53. The lowest BCUT2D eigenvalue weighted by Crippen LogP contribution is -2.46. The Morgan fingerprint density at radius 2 is 1.90 bits per heavy atom. The van der Waals surface area contributed by atoms with Gasteiger partial charge in [0.25, 0.3) is 5.91 Å². The minimum absolute atomic E-state index is 0. The van der Waals surface area contributed by atoms with Crippen molar-refractivity contribution in [2.75, 3.05) is 26.7 Å². The normalized spacial score (nSPS) is 15.2. The van der Waals surface area contributed by atoms with Crippen molar-refractivity contribution in [1.29, 1.82) is 0 Å². The maximum atomic E-state index is 12.4. The summed E-state index contributed by atoms with van der Waals surface area (Å²) < 4.78 is 4.86. The fourth-order valence-corrected chi connectivity index (χ4v) is 3.31. The van der Waals surface area contributed by atoms with Crippen LogP contribution in [-0.4, -0.2) is 55.0 Å². The van der Waals surface area contributed by atoms with Gasteiger partial charge in [-0.3, -0.25) is 9.59 Å². The molecule has 0 spiro atoms. The van der Waals surface area contributed by atoms with Gasteiger partial charge in [-0.2, -0.15) is 0 Å². The molecule has 0 aromatic heterocycles. The van der Waals surface area contributed by atoms with Crippen molar-refractivity contribution >= 4 is 41.8 Å². The first kappa shape index (κ1) is 26.2. The zero-order chi connectivity index (χ0) is 21.4. The van der Waals surface area contributed by atoms with Crippen LogP contribution in [0.5, 0.6) is 0 Å². The van der Waals surface area contributed by atoms with Gasteiger partial charge in [-0.1, -0.05) is 12.1 Å². The van der Waals surface area contributed by atoms with Crippen LogP contribution in [0.3, 0.4) is 0 Å². The minimum atomic E-state index is -0.278. The zero-order valence-corrected chi connectivity index (χ0v) is 21.0. The monoisotopic (exact) mass is 530 g/mol. The van der Waals surface area contributed by atoms with E-state index < -0.39 is 0 Å². The van der Waals surface area contributed by atoms with Gasteiger partial charge in [0.15, 0.2) is 5.96 Å². The third kappa shape index (κ3) is 8.12. The number of hydrogen-bond donors (Lipinski definition) is 2. The van der Waals surface area contributed by atoms with E-state index in [0.717, 1.165) is 44.0 Å². The van der Waals surface area contributed by atoms with E-state index in [0.29, 0.717) is 12.1 Å². The van der Waals surface area contributed by atoms with Gasteiger partial charge in [0.1, 0.15) is 0 Å². The number of nitrogens with one attached hydrogen (secondary N) is 2. The number of benzene rings is 1. The van der Waals surface area contributed by atoms with Crippen LogP contribution in [0.2, 0.25) is 0 Å². The van der Waals surface area contributed by atoms with Gasteiger partial charge in [0, 0.05) is 30.7 Å². The maximum absolute atomic E-state index is 12.4. The van der Waals surface area contributed by atoms with Crippen LogP contribution in [0, 0.1) is 5.92 Å². The lowest BCUT2D eigenvalue weighted by molar-refractivity contribution is -0.146. The van der Waals surface area contributed by atoms with Gasteiger partial charge < -0.3 is 20.3 Å². The number of carbonyl (C=O) groups excluding carboxylic acids is 2. The van der Waals surface area contributed by atoms with Crippen LogP contribution in [0.4, 0.5) is 0 Å². The third-order valence-electron chi connectivity index (χ3n) is 4.75. The largest absolute Gasteiger partial charge is 0.469 e. The molecule has 1 aliphatic rings. The van der Waals surface area contributed by atoms with Crippen LogP contribution < -0.4 is 10.6 Å². The number of amides is 1. The summed E-state index contributed by atoms with van der Waals surface area (Å²) in [6, 6.07) is 7.57. The van der Waals surface area contributed by atoms with Crippen molar-refractivity contribution < 1.29 is 14.3 Å². The van der Waals surface area contributed by atoms with E-state index in [-0.39, 0.29) is 47.3 Å². The Kier molecular flexibility index (Phi) is 10.6. The smallest absolute Gasteiger partial charge is 0.308 e. The second-order valence-electron chi connectivity index (χ2n) is 8.36. The van der Waals surface area contributed by atoms with E-state index in [1.165, 1.54) is 7.11 Å². The average Bonchev–Trinajstić information content (AvgIpc) is 2.69. The number of nitrogens with zero attached hydrogens (tertiary/aromatic N) is 2. The van der Waals surface area contributed by atoms with Crippen molar-refractivity contribution in [2.24, 2.45) is 10.9 Å². The summed E-state index contributed by atoms with van der Waals surface area (Å²) in [7, 11) is 1.44. The van der Waals surface area contributed by atoms with Gasteiger partial charge in [-0.15, -0.1) is 24.0 Å². The molecule has 2 N–H and O–H groups in total.